The van der Waals surface area contributed by atoms with E-state index in [1.807, 2.05) is 56.3 Å². The van der Waals surface area contributed by atoms with E-state index in [9.17, 15) is 4.79 Å². The summed E-state index contributed by atoms with van der Waals surface area (Å²) in [6.45, 7) is 4.24. The average Bonchev–Trinajstić information content (AvgIpc) is 3.26. The number of aryl methyl sites for hydroxylation is 1. The van der Waals surface area contributed by atoms with Crippen molar-refractivity contribution < 1.29 is 19.0 Å². The van der Waals surface area contributed by atoms with Gasteiger partial charge in [-0.1, -0.05) is 24.3 Å². The molecule has 132 valence electrons. The van der Waals surface area contributed by atoms with Crippen molar-refractivity contribution in [3.05, 3.63) is 71.0 Å². The first-order chi connectivity index (χ1) is 12.6. The van der Waals surface area contributed by atoms with Crippen LogP contribution in [0.2, 0.25) is 0 Å². The third-order valence-corrected chi connectivity index (χ3v) is 4.38. The molecule has 6 heteroatoms. The summed E-state index contributed by atoms with van der Waals surface area (Å²) in [4.78, 5) is 12.5. The maximum absolute atomic E-state index is 12.5. The Morgan fingerprint density at radius 2 is 1.96 bits per heavy atom. The van der Waals surface area contributed by atoms with Gasteiger partial charge in [-0.15, -0.1) is 0 Å². The summed E-state index contributed by atoms with van der Waals surface area (Å²) in [6.07, 6.45) is 1.55. The van der Waals surface area contributed by atoms with Crippen LogP contribution in [0.4, 0.5) is 0 Å². The number of benzene rings is 2. The molecule has 0 fully saturated rings. The second-order valence-electron chi connectivity index (χ2n) is 6.11. The van der Waals surface area contributed by atoms with Gasteiger partial charge in [0.2, 0.25) is 6.79 Å². The van der Waals surface area contributed by atoms with Crippen molar-refractivity contribution in [1.82, 2.24) is 9.78 Å². The SMILES string of the molecule is Cc1ccccc1-n1ncc(C(=O)OCc2ccc3c(c2)OCO3)c1C. The maximum Gasteiger partial charge on any atom is 0.341 e. The van der Waals surface area contributed by atoms with Gasteiger partial charge in [-0.05, 0) is 43.2 Å². The number of hydrogen-bond acceptors (Lipinski definition) is 5. The normalized spacial score (nSPS) is 12.2. The van der Waals surface area contributed by atoms with Gasteiger partial charge in [0.1, 0.15) is 12.2 Å². The second kappa shape index (κ2) is 6.55. The number of para-hydroxylation sites is 1. The molecule has 0 N–H and O–H groups in total. The van der Waals surface area contributed by atoms with Crippen LogP contribution >= 0.6 is 0 Å². The first-order valence-electron chi connectivity index (χ1n) is 8.30. The van der Waals surface area contributed by atoms with Gasteiger partial charge in [0.05, 0.1) is 17.6 Å². The molecule has 3 aromatic rings. The highest BCUT2D eigenvalue weighted by Gasteiger charge is 2.18. The molecule has 0 unspecified atom stereocenters. The summed E-state index contributed by atoms with van der Waals surface area (Å²) in [5, 5.41) is 4.35. The van der Waals surface area contributed by atoms with Crippen molar-refractivity contribution in [2.24, 2.45) is 0 Å². The molecule has 0 amide bonds. The smallest absolute Gasteiger partial charge is 0.341 e. The van der Waals surface area contributed by atoms with E-state index < -0.39 is 5.97 Å². The zero-order chi connectivity index (χ0) is 18.1. The summed E-state index contributed by atoms with van der Waals surface area (Å²) >= 11 is 0. The van der Waals surface area contributed by atoms with Gasteiger partial charge in [0, 0.05) is 0 Å². The van der Waals surface area contributed by atoms with Crippen molar-refractivity contribution in [3.8, 4) is 17.2 Å². The predicted octanol–water partition coefficient (Wildman–Crippen LogP) is 3.57. The molecule has 0 bridgehead atoms. The number of nitrogens with zero attached hydrogens (tertiary/aromatic N) is 2. The van der Waals surface area contributed by atoms with Gasteiger partial charge >= 0.3 is 5.97 Å². The fourth-order valence-corrected chi connectivity index (χ4v) is 2.91. The standard InChI is InChI=1S/C20H18N2O4/c1-13-5-3-4-6-17(13)22-14(2)16(10-21-22)20(23)24-11-15-7-8-18-19(9-15)26-12-25-18/h3-10H,11-12H2,1-2H3. The lowest BCUT2D eigenvalue weighted by molar-refractivity contribution is 0.0471. The van der Waals surface area contributed by atoms with Crippen molar-refractivity contribution in [3.63, 3.8) is 0 Å². The van der Waals surface area contributed by atoms with Gasteiger partial charge in [0.25, 0.3) is 0 Å². The molecule has 26 heavy (non-hydrogen) atoms. The van der Waals surface area contributed by atoms with E-state index in [0.29, 0.717) is 17.1 Å². The summed E-state index contributed by atoms with van der Waals surface area (Å²) in [7, 11) is 0. The minimum atomic E-state index is -0.403. The minimum Gasteiger partial charge on any atom is -0.457 e. The van der Waals surface area contributed by atoms with E-state index in [4.69, 9.17) is 14.2 Å². The molecular weight excluding hydrogens is 332 g/mol. The zero-order valence-electron chi connectivity index (χ0n) is 14.6. The molecule has 0 saturated carbocycles. The molecule has 0 radical (unpaired) electrons. The molecule has 0 aliphatic carbocycles. The van der Waals surface area contributed by atoms with Crippen LogP contribution in [0.25, 0.3) is 5.69 Å². The van der Waals surface area contributed by atoms with Crippen LogP contribution in [0.5, 0.6) is 11.5 Å². The van der Waals surface area contributed by atoms with E-state index in [1.54, 1.807) is 10.9 Å². The number of aromatic nitrogens is 2. The van der Waals surface area contributed by atoms with E-state index in [2.05, 4.69) is 5.10 Å². The molecular formula is C20H18N2O4. The lowest BCUT2D eigenvalue weighted by Crippen LogP contribution is -2.08. The highest BCUT2D eigenvalue weighted by atomic mass is 16.7. The zero-order valence-corrected chi connectivity index (χ0v) is 14.6. The number of esters is 1. The van der Waals surface area contributed by atoms with Crippen LogP contribution in [0.1, 0.15) is 27.2 Å². The number of carbonyl (C=O) groups excluding carboxylic acids is 1. The molecule has 1 aromatic heterocycles. The van der Waals surface area contributed by atoms with Crippen LogP contribution < -0.4 is 9.47 Å². The van der Waals surface area contributed by atoms with Crippen LogP contribution in [-0.4, -0.2) is 22.5 Å². The maximum atomic E-state index is 12.5. The molecule has 0 atom stereocenters. The summed E-state index contributed by atoms with van der Waals surface area (Å²) in [5.74, 6) is 0.970. The summed E-state index contributed by atoms with van der Waals surface area (Å²) in [5.41, 5.74) is 4.06. The quantitative estimate of drug-likeness (QED) is 0.673. The Labute approximate surface area is 150 Å². The third-order valence-electron chi connectivity index (χ3n) is 4.38. The first-order valence-corrected chi connectivity index (χ1v) is 8.30. The Bertz CT molecular complexity index is 978. The Balaban J connectivity index is 1.50. The summed E-state index contributed by atoms with van der Waals surface area (Å²) < 4.78 is 17.8. The van der Waals surface area contributed by atoms with Crippen molar-refractivity contribution >= 4 is 5.97 Å². The molecule has 1 aliphatic rings. The number of carbonyl (C=O) groups is 1. The van der Waals surface area contributed by atoms with Crippen molar-refractivity contribution in [2.45, 2.75) is 20.5 Å². The average molecular weight is 350 g/mol. The molecule has 0 saturated heterocycles. The molecule has 6 nitrogen and oxygen atoms in total. The van der Waals surface area contributed by atoms with Gasteiger partial charge in [0.15, 0.2) is 11.5 Å². The number of fused-ring (bicyclic) bond motifs is 1. The van der Waals surface area contributed by atoms with Crippen LogP contribution in [-0.2, 0) is 11.3 Å². The van der Waals surface area contributed by atoms with E-state index in [1.165, 1.54) is 0 Å². The van der Waals surface area contributed by atoms with Gasteiger partial charge in [-0.2, -0.15) is 5.10 Å². The Kier molecular flexibility index (Phi) is 4.08. The van der Waals surface area contributed by atoms with Crippen molar-refractivity contribution in [1.29, 1.82) is 0 Å². The second-order valence-corrected chi connectivity index (χ2v) is 6.11. The van der Waals surface area contributed by atoms with Crippen LogP contribution in [0.15, 0.2) is 48.7 Å². The number of ether oxygens (including phenoxy) is 3. The topological polar surface area (TPSA) is 62.6 Å². The highest BCUT2D eigenvalue weighted by molar-refractivity contribution is 5.90. The summed E-state index contributed by atoms with van der Waals surface area (Å²) in [6, 6.07) is 13.4. The first kappa shape index (κ1) is 16.2. The van der Waals surface area contributed by atoms with Gasteiger partial charge in [-0.25, -0.2) is 9.48 Å². The van der Waals surface area contributed by atoms with Crippen LogP contribution in [0.3, 0.4) is 0 Å². The van der Waals surface area contributed by atoms with E-state index in [0.717, 1.165) is 22.5 Å². The fourth-order valence-electron chi connectivity index (χ4n) is 2.91. The van der Waals surface area contributed by atoms with Crippen molar-refractivity contribution in [2.75, 3.05) is 6.79 Å². The lowest BCUT2D eigenvalue weighted by Gasteiger charge is -2.09. The van der Waals surface area contributed by atoms with E-state index in [-0.39, 0.29) is 13.4 Å². The van der Waals surface area contributed by atoms with Gasteiger partial charge in [-0.3, -0.25) is 0 Å². The monoisotopic (exact) mass is 350 g/mol. The largest absolute Gasteiger partial charge is 0.457 e. The molecule has 1 aliphatic heterocycles. The number of hydrogen-bond donors (Lipinski definition) is 0. The highest BCUT2D eigenvalue weighted by Crippen LogP contribution is 2.32. The lowest BCUT2D eigenvalue weighted by atomic mass is 10.2. The Hall–Kier alpha value is -3.28. The molecule has 0 spiro atoms. The Morgan fingerprint density at radius 1 is 1.15 bits per heavy atom. The minimum absolute atomic E-state index is 0.157. The molecule has 2 heterocycles. The fraction of sp³-hybridized carbons (Fsp3) is 0.200. The molecule has 2 aromatic carbocycles. The Morgan fingerprint density at radius 3 is 2.81 bits per heavy atom. The third kappa shape index (κ3) is 2.90. The van der Waals surface area contributed by atoms with E-state index >= 15 is 0 Å². The molecule has 4 rings (SSSR count). The van der Waals surface area contributed by atoms with Crippen LogP contribution in [0, 0.1) is 13.8 Å². The predicted molar refractivity (Wildman–Crippen MR) is 94.7 cm³/mol. The number of rotatable bonds is 4. The van der Waals surface area contributed by atoms with Gasteiger partial charge < -0.3 is 14.2 Å².